The highest BCUT2D eigenvalue weighted by Crippen LogP contribution is 2.66. The Hall–Kier alpha value is -4.33. The third-order valence-electron chi connectivity index (χ3n) is 8.09. The fourth-order valence-corrected chi connectivity index (χ4v) is 6.67. The lowest BCUT2D eigenvalue weighted by atomic mass is 9.42. The van der Waals surface area contributed by atoms with Gasteiger partial charge in [-0.3, -0.25) is 19.7 Å². The number of rotatable bonds is 4. The molecule has 0 aromatic heterocycles. The van der Waals surface area contributed by atoms with Gasteiger partial charge in [0, 0.05) is 5.41 Å². The van der Waals surface area contributed by atoms with E-state index < -0.39 is 45.1 Å². The Bertz CT molecular complexity index is 1430. The van der Waals surface area contributed by atoms with E-state index in [0.717, 1.165) is 22.3 Å². The molecule has 1 aliphatic heterocycles. The molecular formula is C27H20N2O6. The molecule has 3 aromatic carbocycles. The van der Waals surface area contributed by atoms with Gasteiger partial charge in [0.15, 0.2) is 0 Å². The molecule has 7 rings (SSSR count). The molecule has 1 saturated heterocycles. The van der Waals surface area contributed by atoms with Crippen LogP contribution in [0.3, 0.4) is 0 Å². The van der Waals surface area contributed by atoms with Crippen LogP contribution in [0.15, 0.2) is 66.7 Å². The van der Waals surface area contributed by atoms with Crippen LogP contribution >= 0.6 is 0 Å². The van der Waals surface area contributed by atoms with Crippen LogP contribution in [0.2, 0.25) is 0 Å². The van der Waals surface area contributed by atoms with Crippen molar-refractivity contribution in [1.29, 1.82) is 0 Å². The van der Waals surface area contributed by atoms with E-state index in [9.17, 15) is 24.5 Å². The molecule has 0 radical (unpaired) electrons. The number of amides is 2. The minimum Gasteiger partial charge on any atom is -0.496 e. The van der Waals surface area contributed by atoms with Gasteiger partial charge in [0.1, 0.15) is 17.7 Å². The summed E-state index contributed by atoms with van der Waals surface area (Å²) in [5.41, 5.74) is 0.214. The SMILES string of the molecule is COc1ccc(N2C(=O)[C@@H]3[C@H](C2=O)C2(C)c4ccccc4C3(C=O)c3ccccc32)c([N+](=O)[O-])c1. The molecule has 3 aromatic rings. The predicted molar refractivity (Wildman–Crippen MR) is 125 cm³/mol. The number of nitrogens with zero attached hydrogens (tertiary/aromatic N) is 2. The van der Waals surface area contributed by atoms with E-state index in [1.54, 1.807) is 0 Å². The number of carbonyl (C=O) groups is 3. The Kier molecular flexibility index (Phi) is 4.15. The van der Waals surface area contributed by atoms with E-state index in [1.807, 2.05) is 55.5 Å². The number of hydrogen-bond acceptors (Lipinski definition) is 6. The van der Waals surface area contributed by atoms with Gasteiger partial charge in [-0.2, -0.15) is 0 Å². The highest BCUT2D eigenvalue weighted by atomic mass is 16.6. The van der Waals surface area contributed by atoms with Crippen LogP contribution < -0.4 is 9.64 Å². The second-order valence-electron chi connectivity index (χ2n) is 9.36. The third-order valence-corrected chi connectivity index (χ3v) is 8.09. The quantitative estimate of drug-likeness (QED) is 0.251. The van der Waals surface area contributed by atoms with Crippen molar-refractivity contribution < 1.29 is 24.0 Å². The summed E-state index contributed by atoms with van der Waals surface area (Å²) in [4.78, 5) is 53.4. The molecule has 0 unspecified atom stereocenters. The number of ether oxygens (including phenoxy) is 1. The lowest BCUT2D eigenvalue weighted by Gasteiger charge is -2.56. The van der Waals surface area contributed by atoms with Gasteiger partial charge in [-0.15, -0.1) is 0 Å². The first-order chi connectivity index (χ1) is 16.8. The zero-order valence-corrected chi connectivity index (χ0v) is 18.9. The van der Waals surface area contributed by atoms with Crippen molar-refractivity contribution in [3.8, 4) is 5.75 Å². The van der Waals surface area contributed by atoms with Gasteiger partial charge in [-0.1, -0.05) is 55.5 Å². The van der Waals surface area contributed by atoms with E-state index in [-0.39, 0.29) is 11.4 Å². The fourth-order valence-electron chi connectivity index (χ4n) is 6.67. The Morgan fingerprint density at radius 3 is 1.97 bits per heavy atom. The Morgan fingerprint density at radius 2 is 1.46 bits per heavy atom. The first-order valence-electron chi connectivity index (χ1n) is 11.2. The van der Waals surface area contributed by atoms with Crippen molar-refractivity contribution in [3.63, 3.8) is 0 Å². The number of imide groups is 1. The Balaban J connectivity index is 1.65. The molecule has 2 amide bonds. The van der Waals surface area contributed by atoms with Crippen LogP contribution in [0.4, 0.5) is 11.4 Å². The summed E-state index contributed by atoms with van der Waals surface area (Å²) < 4.78 is 5.11. The molecule has 1 fully saturated rings. The summed E-state index contributed by atoms with van der Waals surface area (Å²) in [7, 11) is 1.38. The lowest BCUT2D eigenvalue weighted by molar-refractivity contribution is -0.384. The summed E-state index contributed by atoms with van der Waals surface area (Å²) in [6, 6.07) is 18.8. The van der Waals surface area contributed by atoms with Gasteiger partial charge in [0.25, 0.3) is 5.69 Å². The van der Waals surface area contributed by atoms with Crippen LogP contribution in [0.5, 0.6) is 5.75 Å². The standard InChI is InChI=1S/C27H20N2O6/c1-26-16-7-3-5-9-18(16)27(14-30,19-10-6-4-8-17(19)26)23-22(26)24(31)28(25(23)32)20-12-11-15(35-2)13-21(20)29(33)34/h3-14,22-23H,1-2H3/t22-,23+,26?,27?/m1/s1. The molecular weight excluding hydrogens is 448 g/mol. The van der Waals surface area contributed by atoms with Crippen molar-refractivity contribution in [2.75, 3.05) is 12.0 Å². The van der Waals surface area contributed by atoms with Gasteiger partial charge in [0.2, 0.25) is 11.8 Å². The second-order valence-corrected chi connectivity index (χ2v) is 9.36. The summed E-state index contributed by atoms with van der Waals surface area (Å²) in [6.07, 6.45) is 0.776. The van der Waals surface area contributed by atoms with Crippen LogP contribution in [0.25, 0.3) is 0 Å². The van der Waals surface area contributed by atoms with E-state index in [0.29, 0.717) is 11.1 Å². The van der Waals surface area contributed by atoms with Crippen molar-refractivity contribution >= 4 is 29.5 Å². The zero-order valence-electron chi connectivity index (χ0n) is 18.9. The van der Waals surface area contributed by atoms with Gasteiger partial charge < -0.3 is 9.53 Å². The first-order valence-corrected chi connectivity index (χ1v) is 11.2. The zero-order chi connectivity index (χ0) is 24.7. The van der Waals surface area contributed by atoms with Crippen molar-refractivity contribution in [2.45, 2.75) is 17.8 Å². The molecule has 1 heterocycles. The summed E-state index contributed by atoms with van der Waals surface area (Å²) in [5, 5.41) is 11.9. The molecule has 2 bridgehead atoms. The predicted octanol–water partition coefficient (Wildman–Crippen LogP) is 3.53. The largest absolute Gasteiger partial charge is 0.496 e. The summed E-state index contributed by atoms with van der Waals surface area (Å²) >= 11 is 0. The number of aldehydes is 1. The second kappa shape index (κ2) is 6.85. The molecule has 4 aliphatic rings. The molecule has 0 spiro atoms. The van der Waals surface area contributed by atoms with Crippen molar-refractivity contribution in [2.24, 2.45) is 11.8 Å². The van der Waals surface area contributed by atoms with E-state index in [2.05, 4.69) is 0 Å². The smallest absolute Gasteiger partial charge is 0.297 e. The molecule has 8 nitrogen and oxygen atoms in total. The minimum atomic E-state index is -1.38. The molecule has 2 atom stereocenters. The highest BCUT2D eigenvalue weighted by Gasteiger charge is 2.72. The maximum atomic E-state index is 14.1. The minimum absolute atomic E-state index is 0.127. The fraction of sp³-hybridized carbons (Fsp3) is 0.222. The normalized spacial score (nSPS) is 27.8. The number of nitro benzene ring substituents is 1. The van der Waals surface area contributed by atoms with Crippen LogP contribution in [-0.4, -0.2) is 30.1 Å². The Morgan fingerprint density at radius 1 is 0.914 bits per heavy atom. The number of nitro groups is 1. The van der Waals surface area contributed by atoms with Gasteiger partial charge >= 0.3 is 0 Å². The van der Waals surface area contributed by atoms with Crippen molar-refractivity contribution in [3.05, 3.63) is 99.1 Å². The summed E-state index contributed by atoms with van der Waals surface area (Å²) in [6.45, 7) is 1.92. The molecule has 35 heavy (non-hydrogen) atoms. The van der Waals surface area contributed by atoms with Crippen LogP contribution in [0.1, 0.15) is 29.2 Å². The van der Waals surface area contributed by atoms with Crippen LogP contribution in [0, 0.1) is 22.0 Å². The van der Waals surface area contributed by atoms with Crippen molar-refractivity contribution in [1.82, 2.24) is 0 Å². The van der Waals surface area contributed by atoms with E-state index in [4.69, 9.17) is 4.74 Å². The number of benzene rings is 3. The first kappa shape index (κ1) is 21.2. The maximum Gasteiger partial charge on any atom is 0.297 e. The number of carbonyl (C=O) groups excluding carboxylic acids is 3. The van der Waals surface area contributed by atoms with Gasteiger partial charge in [-0.05, 0) is 34.4 Å². The topological polar surface area (TPSA) is 107 Å². The summed E-state index contributed by atoms with van der Waals surface area (Å²) in [5.74, 6) is -2.86. The third kappa shape index (κ3) is 2.29. The molecule has 0 N–H and O–H groups in total. The van der Waals surface area contributed by atoms with Gasteiger partial charge in [-0.25, -0.2) is 4.90 Å². The lowest BCUT2D eigenvalue weighted by Crippen LogP contribution is -2.61. The Labute approximate surface area is 200 Å². The van der Waals surface area contributed by atoms with E-state index in [1.165, 1.54) is 25.3 Å². The monoisotopic (exact) mass is 468 g/mol. The average Bonchev–Trinajstić information content (AvgIpc) is 3.16. The average molecular weight is 468 g/mol. The van der Waals surface area contributed by atoms with E-state index >= 15 is 0 Å². The number of anilines is 1. The molecule has 8 heteroatoms. The highest BCUT2D eigenvalue weighted by molar-refractivity contribution is 6.26. The molecule has 3 aliphatic carbocycles. The molecule has 174 valence electrons. The van der Waals surface area contributed by atoms with Gasteiger partial charge in [0.05, 0.1) is 35.4 Å². The number of hydrogen-bond donors (Lipinski definition) is 0. The van der Waals surface area contributed by atoms with Crippen LogP contribution in [-0.2, 0) is 25.2 Å². The number of methoxy groups -OCH3 is 1. The molecule has 0 saturated carbocycles. The maximum absolute atomic E-state index is 14.1.